The molecule has 0 saturated carbocycles. The lowest BCUT2D eigenvalue weighted by Crippen LogP contribution is -2.41. The van der Waals surface area contributed by atoms with Crippen molar-refractivity contribution < 1.29 is 9.47 Å². The van der Waals surface area contributed by atoms with Crippen LogP contribution in [-0.2, 0) is 4.74 Å². The number of ether oxygens (including phenoxy) is 2. The van der Waals surface area contributed by atoms with Gasteiger partial charge in [0.15, 0.2) is 0 Å². The minimum absolute atomic E-state index is 0.0338. The second kappa shape index (κ2) is 4.82. The molecule has 2 saturated heterocycles. The molecule has 5 heteroatoms. The zero-order chi connectivity index (χ0) is 12.4. The Labute approximate surface area is 107 Å². The van der Waals surface area contributed by atoms with Gasteiger partial charge in [0.1, 0.15) is 6.10 Å². The van der Waals surface area contributed by atoms with E-state index >= 15 is 0 Å². The Morgan fingerprint density at radius 3 is 2.89 bits per heavy atom. The van der Waals surface area contributed by atoms with E-state index in [2.05, 4.69) is 15.3 Å². The van der Waals surface area contributed by atoms with Crippen LogP contribution in [-0.4, -0.2) is 41.4 Å². The van der Waals surface area contributed by atoms with Crippen molar-refractivity contribution in [1.82, 2.24) is 15.3 Å². The molecule has 0 radical (unpaired) electrons. The maximum atomic E-state index is 5.99. The maximum Gasteiger partial charge on any atom is 0.235 e. The van der Waals surface area contributed by atoms with Crippen molar-refractivity contribution in [3.8, 4) is 5.88 Å². The normalized spacial score (nSPS) is 26.4. The molecule has 2 aliphatic rings. The summed E-state index contributed by atoms with van der Waals surface area (Å²) in [6.07, 6.45) is 6.57. The van der Waals surface area contributed by atoms with E-state index in [9.17, 15) is 0 Å². The Morgan fingerprint density at radius 2 is 2.11 bits per heavy atom. The number of nitrogens with one attached hydrogen (secondary N) is 1. The molecule has 1 aromatic heterocycles. The van der Waals surface area contributed by atoms with Crippen molar-refractivity contribution in [1.29, 1.82) is 0 Å². The molecule has 0 aromatic carbocycles. The maximum absolute atomic E-state index is 5.99. The van der Waals surface area contributed by atoms with Gasteiger partial charge in [0.25, 0.3) is 0 Å². The summed E-state index contributed by atoms with van der Waals surface area (Å²) in [5, 5.41) is 3.37. The molecule has 1 unspecified atom stereocenters. The average molecular weight is 249 g/mol. The predicted octanol–water partition coefficient (Wildman–Crippen LogP) is 1.07. The molecule has 18 heavy (non-hydrogen) atoms. The van der Waals surface area contributed by atoms with Crippen LogP contribution in [0, 0.1) is 6.92 Å². The van der Waals surface area contributed by atoms with E-state index < -0.39 is 0 Å². The van der Waals surface area contributed by atoms with E-state index in [1.165, 1.54) is 0 Å². The van der Waals surface area contributed by atoms with Crippen LogP contribution in [0.25, 0.3) is 0 Å². The summed E-state index contributed by atoms with van der Waals surface area (Å²) >= 11 is 0. The van der Waals surface area contributed by atoms with Gasteiger partial charge >= 0.3 is 0 Å². The van der Waals surface area contributed by atoms with Gasteiger partial charge in [0, 0.05) is 18.8 Å². The van der Waals surface area contributed by atoms with Crippen LogP contribution >= 0.6 is 0 Å². The molecule has 1 atom stereocenters. The summed E-state index contributed by atoms with van der Waals surface area (Å²) in [5.74, 6) is 0.636. The fourth-order valence-corrected chi connectivity index (χ4v) is 2.78. The highest BCUT2D eigenvalue weighted by molar-refractivity contribution is 5.15. The van der Waals surface area contributed by atoms with Gasteiger partial charge in [0.05, 0.1) is 17.9 Å². The molecule has 3 heterocycles. The molecule has 1 N–H and O–H groups in total. The second-order valence-electron chi connectivity index (χ2n) is 5.13. The molecule has 1 spiro atoms. The number of rotatable bonds is 2. The first kappa shape index (κ1) is 11.9. The summed E-state index contributed by atoms with van der Waals surface area (Å²) in [5.41, 5.74) is 0.871. The fourth-order valence-electron chi connectivity index (χ4n) is 2.78. The van der Waals surface area contributed by atoms with Crippen molar-refractivity contribution >= 4 is 0 Å². The smallest absolute Gasteiger partial charge is 0.235 e. The molecule has 5 nitrogen and oxygen atoms in total. The van der Waals surface area contributed by atoms with Crippen molar-refractivity contribution in [2.45, 2.75) is 37.9 Å². The zero-order valence-corrected chi connectivity index (χ0v) is 10.7. The van der Waals surface area contributed by atoms with Gasteiger partial charge in [0.2, 0.25) is 5.88 Å². The van der Waals surface area contributed by atoms with Crippen LogP contribution in [0.1, 0.15) is 25.0 Å². The summed E-state index contributed by atoms with van der Waals surface area (Å²) < 4.78 is 11.9. The molecule has 98 valence electrons. The highest BCUT2D eigenvalue weighted by Gasteiger charge is 2.42. The Hall–Kier alpha value is -1.20. The first-order valence-electron chi connectivity index (χ1n) is 6.56. The third-order valence-corrected chi connectivity index (χ3v) is 3.80. The first-order chi connectivity index (χ1) is 8.77. The molecule has 0 aliphatic carbocycles. The molecular weight excluding hydrogens is 230 g/mol. The topological polar surface area (TPSA) is 56.3 Å². The lowest BCUT2D eigenvalue weighted by molar-refractivity contribution is -0.0206. The molecule has 0 amide bonds. The number of aromatic nitrogens is 2. The summed E-state index contributed by atoms with van der Waals surface area (Å²) in [6, 6.07) is 0. The Balaban J connectivity index is 1.64. The van der Waals surface area contributed by atoms with Crippen LogP contribution in [0.5, 0.6) is 5.88 Å². The van der Waals surface area contributed by atoms with Crippen LogP contribution < -0.4 is 10.1 Å². The first-order valence-corrected chi connectivity index (χ1v) is 6.56. The molecular formula is C13H19N3O2. The van der Waals surface area contributed by atoms with E-state index in [1.54, 1.807) is 12.4 Å². The second-order valence-corrected chi connectivity index (χ2v) is 5.13. The van der Waals surface area contributed by atoms with Gasteiger partial charge in [-0.3, -0.25) is 4.98 Å². The van der Waals surface area contributed by atoms with Gasteiger partial charge in [-0.2, -0.15) is 0 Å². The Bertz CT molecular complexity index is 418. The van der Waals surface area contributed by atoms with Gasteiger partial charge in [-0.05, 0) is 32.9 Å². The molecule has 0 bridgehead atoms. The molecule has 1 aromatic rings. The van der Waals surface area contributed by atoms with E-state index in [0.717, 1.165) is 38.0 Å². The minimum atomic E-state index is 0.0338. The van der Waals surface area contributed by atoms with Crippen molar-refractivity contribution in [3.05, 3.63) is 18.1 Å². The van der Waals surface area contributed by atoms with Crippen molar-refractivity contribution in [3.63, 3.8) is 0 Å². The summed E-state index contributed by atoms with van der Waals surface area (Å²) in [7, 11) is 0. The number of piperidine rings is 1. The van der Waals surface area contributed by atoms with Crippen molar-refractivity contribution in [2.24, 2.45) is 0 Å². The highest BCUT2D eigenvalue weighted by atomic mass is 16.6. The van der Waals surface area contributed by atoms with Crippen LogP contribution in [0.3, 0.4) is 0 Å². The Morgan fingerprint density at radius 1 is 1.33 bits per heavy atom. The SMILES string of the molecule is Cc1nccnc1OC1COC2(CCNCC2)C1. The third-order valence-electron chi connectivity index (χ3n) is 3.80. The van der Waals surface area contributed by atoms with Gasteiger partial charge in [-0.15, -0.1) is 0 Å². The molecule has 3 rings (SSSR count). The lowest BCUT2D eigenvalue weighted by Gasteiger charge is -2.32. The number of hydrogen-bond donors (Lipinski definition) is 1. The van der Waals surface area contributed by atoms with E-state index in [-0.39, 0.29) is 11.7 Å². The monoisotopic (exact) mass is 249 g/mol. The van der Waals surface area contributed by atoms with E-state index in [1.807, 2.05) is 6.92 Å². The average Bonchev–Trinajstić information content (AvgIpc) is 2.76. The Kier molecular flexibility index (Phi) is 3.18. The number of hydrogen-bond acceptors (Lipinski definition) is 5. The minimum Gasteiger partial charge on any atom is -0.470 e. The third kappa shape index (κ3) is 2.33. The van der Waals surface area contributed by atoms with Crippen molar-refractivity contribution in [2.75, 3.05) is 19.7 Å². The van der Waals surface area contributed by atoms with Gasteiger partial charge < -0.3 is 14.8 Å². The molecule has 2 aliphatic heterocycles. The summed E-state index contributed by atoms with van der Waals surface area (Å²) in [4.78, 5) is 8.41. The number of aryl methyl sites for hydroxylation is 1. The van der Waals surface area contributed by atoms with Crippen LogP contribution in [0.4, 0.5) is 0 Å². The van der Waals surface area contributed by atoms with Crippen LogP contribution in [0.15, 0.2) is 12.4 Å². The van der Waals surface area contributed by atoms with Gasteiger partial charge in [-0.25, -0.2) is 4.98 Å². The largest absolute Gasteiger partial charge is 0.470 e. The lowest BCUT2D eigenvalue weighted by atomic mass is 9.89. The van der Waals surface area contributed by atoms with E-state index in [4.69, 9.17) is 9.47 Å². The highest BCUT2D eigenvalue weighted by Crippen LogP contribution is 2.35. The van der Waals surface area contributed by atoms with E-state index in [0.29, 0.717) is 12.5 Å². The van der Waals surface area contributed by atoms with Gasteiger partial charge in [-0.1, -0.05) is 0 Å². The zero-order valence-electron chi connectivity index (χ0n) is 10.7. The predicted molar refractivity (Wildman–Crippen MR) is 66.6 cm³/mol. The number of nitrogens with zero attached hydrogens (tertiary/aromatic N) is 2. The standard InChI is InChI=1S/C13H19N3O2/c1-10-12(16-7-6-15-10)18-11-8-13(17-9-11)2-4-14-5-3-13/h6-7,11,14H,2-5,8-9H2,1H3. The summed E-state index contributed by atoms with van der Waals surface area (Å²) in [6.45, 7) is 4.65. The van der Waals surface area contributed by atoms with Crippen LogP contribution in [0.2, 0.25) is 0 Å². The molecule has 2 fully saturated rings. The quantitative estimate of drug-likeness (QED) is 0.850. The fraction of sp³-hybridized carbons (Fsp3) is 0.692.